The van der Waals surface area contributed by atoms with Gasteiger partial charge in [0.2, 0.25) is 0 Å². The molecule has 0 unspecified atom stereocenters. The van der Waals surface area contributed by atoms with Crippen LogP contribution in [0.1, 0.15) is 38.3 Å². The van der Waals surface area contributed by atoms with Crippen molar-refractivity contribution in [2.24, 2.45) is 0 Å². The molecule has 0 spiro atoms. The van der Waals surface area contributed by atoms with Gasteiger partial charge in [0.15, 0.2) is 0 Å². The molecule has 0 bridgehead atoms. The van der Waals surface area contributed by atoms with E-state index in [0.717, 1.165) is 31.5 Å². The summed E-state index contributed by atoms with van der Waals surface area (Å²) >= 11 is 0. The van der Waals surface area contributed by atoms with Crippen LogP contribution in [0.3, 0.4) is 0 Å². The van der Waals surface area contributed by atoms with Crippen LogP contribution in [0.2, 0.25) is 0 Å². The van der Waals surface area contributed by atoms with Crippen molar-refractivity contribution >= 4 is 6.03 Å². The molecule has 21 heavy (non-hydrogen) atoms. The minimum Gasteiger partial charge on any atom is -0.508 e. The number of para-hydroxylation sites is 1. The third kappa shape index (κ3) is 3.88. The maximum atomic E-state index is 11.8. The second-order valence-electron chi connectivity index (χ2n) is 5.45. The Labute approximate surface area is 126 Å². The third-order valence-electron chi connectivity index (χ3n) is 3.96. The van der Waals surface area contributed by atoms with E-state index in [1.54, 1.807) is 6.07 Å². The Balaban J connectivity index is 1.95. The summed E-state index contributed by atoms with van der Waals surface area (Å²) in [5.74, 6) is 0.329. The molecule has 0 aliphatic carbocycles. The molecule has 3 N–H and O–H groups in total. The van der Waals surface area contributed by atoms with Crippen LogP contribution in [0.4, 0.5) is 4.79 Å². The van der Waals surface area contributed by atoms with Crippen LogP contribution in [0.15, 0.2) is 24.3 Å². The van der Waals surface area contributed by atoms with Crippen LogP contribution >= 0.6 is 0 Å². The molecule has 0 radical (unpaired) electrons. The van der Waals surface area contributed by atoms with Crippen molar-refractivity contribution < 1.29 is 9.90 Å². The Hall–Kier alpha value is -1.75. The molecule has 1 saturated heterocycles. The fraction of sp³-hybridized carbons (Fsp3) is 0.562. The van der Waals surface area contributed by atoms with Gasteiger partial charge in [0.05, 0.1) is 0 Å². The molecule has 1 aliphatic heterocycles. The van der Waals surface area contributed by atoms with E-state index in [9.17, 15) is 9.90 Å². The third-order valence-corrected chi connectivity index (χ3v) is 3.96. The fourth-order valence-corrected chi connectivity index (χ4v) is 2.84. The summed E-state index contributed by atoms with van der Waals surface area (Å²) in [7, 11) is 0. The molecule has 2 rings (SSSR count). The normalized spacial score (nSPS) is 19.5. The van der Waals surface area contributed by atoms with Crippen molar-refractivity contribution in [1.29, 1.82) is 0 Å². The molecule has 1 heterocycles. The van der Waals surface area contributed by atoms with E-state index in [2.05, 4.69) is 17.6 Å². The van der Waals surface area contributed by atoms with E-state index in [0.29, 0.717) is 12.3 Å². The van der Waals surface area contributed by atoms with Crippen molar-refractivity contribution in [3.05, 3.63) is 29.8 Å². The van der Waals surface area contributed by atoms with E-state index < -0.39 is 0 Å². The molecule has 2 atom stereocenters. The lowest BCUT2D eigenvalue weighted by molar-refractivity contribution is 0.208. The molecule has 2 amide bonds. The largest absolute Gasteiger partial charge is 0.508 e. The average molecular weight is 291 g/mol. The number of carbonyl (C=O) groups excluding carboxylic acids is 1. The molecule has 1 fully saturated rings. The van der Waals surface area contributed by atoms with Gasteiger partial charge in [0.1, 0.15) is 5.75 Å². The predicted molar refractivity (Wildman–Crippen MR) is 83.3 cm³/mol. The molecular formula is C16H25N3O2. The van der Waals surface area contributed by atoms with Crippen molar-refractivity contribution in [1.82, 2.24) is 15.5 Å². The van der Waals surface area contributed by atoms with Crippen LogP contribution < -0.4 is 10.6 Å². The topological polar surface area (TPSA) is 64.6 Å². The highest BCUT2D eigenvalue weighted by Gasteiger charge is 2.28. The summed E-state index contributed by atoms with van der Waals surface area (Å²) in [5, 5.41) is 16.4. The molecule has 1 aromatic carbocycles. The van der Waals surface area contributed by atoms with E-state index in [1.165, 1.54) is 0 Å². The van der Waals surface area contributed by atoms with E-state index in [-0.39, 0.29) is 18.1 Å². The van der Waals surface area contributed by atoms with Crippen LogP contribution in [-0.4, -0.2) is 41.7 Å². The van der Waals surface area contributed by atoms with Gasteiger partial charge in [-0.15, -0.1) is 0 Å². The Bertz CT molecular complexity index is 478. The van der Waals surface area contributed by atoms with Gasteiger partial charge in [-0.05, 0) is 25.8 Å². The highest BCUT2D eigenvalue weighted by molar-refractivity contribution is 5.74. The number of aromatic hydroxyl groups is 1. The van der Waals surface area contributed by atoms with Crippen LogP contribution in [0.25, 0.3) is 0 Å². The summed E-state index contributed by atoms with van der Waals surface area (Å²) in [4.78, 5) is 13.7. The van der Waals surface area contributed by atoms with Gasteiger partial charge in [0, 0.05) is 37.3 Å². The summed E-state index contributed by atoms with van der Waals surface area (Å²) in [6.45, 7) is 6.18. The highest BCUT2D eigenvalue weighted by Crippen LogP contribution is 2.27. The zero-order chi connectivity index (χ0) is 15.2. The number of hydrogen-bond donors (Lipinski definition) is 3. The average Bonchev–Trinajstić information content (AvgIpc) is 2.94. The molecule has 1 aliphatic rings. The smallest absolute Gasteiger partial charge is 0.317 e. The number of benzene rings is 1. The minimum absolute atomic E-state index is 0.0115. The highest BCUT2D eigenvalue weighted by atomic mass is 16.3. The van der Waals surface area contributed by atoms with E-state index in [4.69, 9.17) is 0 Å². The zero-order valence-corrected chi connectivity index (χ0v) is 12.8. The molecule has 0 saturated carbocycles. The number of likely N-dealkylation sites (tertiary alicyclic amines) is 1. The zero-order valence-electron chi connectivity index (χ0n) is 12.8. The van der Waals surface area contributed by atoms with Gasteiger partial charge in [-0.2, -0.15) is 0 Å². The van der Waals surface area contributed by atoms with Gasteiger partial charge in [-0.1, -0.05) is 25.1 Å². The number of phenolic OH excluding ortho intramolecular Hbond substituents is 1. The Kier molecular flexibility index (Phi) is 5.44. The maximum absolute atomic E-state index is 11.8. The number of nitrogens with zero attached hydrogens (tertiary/aromatic N) is 1. The van der Waals surface area contributed by atoms with Gasteiger partial charge in [-0.25, -0.2) is 4.79 Å². The lowest BCUT2D eigenvalue weighted by Crippen LogP contribution is -2.41. The number of amides is 2. The quantitative estimate of drug-likeness (QED) is 0.779. The number of carbonyl (C=O) groups is 1. The van der Waals surface area contributed by atoms with Gasteiger partial charge in [-0.3, -0.25) is 0 Å². The molecular weight excluding hydrogens is 266 g/mol. The Morgan fingerprint density at radius 1 is 1.43 bits per heavy atom. The van der Waals surface area contributed by atoms with Crippen molar-refractivity contribution in [2.45, 2.75) is 38.8 Å². The molecule has 1 aromatic rings. The van der Waals surface area contributed by atoms with E-state index >= 15 is 0 Å². The van der Waals surface area contributed by atoms with Gasteiger partial charge in [0.25, 0.3) is 0 Å². The number of rotatable bonds is 5. The number of nitrogens with one attached hydrogen (secondary N) is 2. The second-order valence-corrected chi connectivity index (χ2v) is 5.45. The Morgan fingerprint density at radius 2 is 2.19 bits per heavy atom. The van der Waals surface area contributed by atoms with Crippen molar-refractivity contribution in [2.75, 3.05) is 19.6 Å². The van der Waals surface area contributed by atoms with Crippen LogP contribution in [-0.2, 0) is 0 Å². The Morgan fingerprint density at radius 3 is 2.86 bits per heavy atom. The van der Waals surface area contributed by atoms with E-state index in [1.807, 2.05) is 30.0 Å². The SMILES string of the molecule is CCNC(=O)N1CC[C@H](N[C@H](CC)c2ccccc2O)C1. The van der Waals surface area contributed by atoms with Crippen LogP contribution in [0.5, 0.6) is 5.75 Å². The van der Waals surface area contributed by atoms with Gasteiger partial charge >= 0.3 is 6.03 Å². The summed E-state index contributed by atoms with van der Waals surface area (Å²) in [5.41, 5.74) is 0.927. The summed E-state index contributed by atoms with van der Waals surface area (Å²) in [6, 6.07) is 7.84. The summed E-state index contributed by atoms with van der Waals surface area (Å²) < 4.78 is 0. The number of phenols is 1. The van der Waals surface area contributed by atoms with Crippen molar-refractivity contribution in [3.8, 4) is 5.75 Å². The lowest BCUT2D eigenvalue weighted by atomic mass is 10.0. The minimum atomic E-state index is 0.0115. The van der Waals surface area contributed by atoms with Gasteiger partial charge < -0.3 is 20.6 Å². The second kappa shape index (κ2) is 7.31. The van der Waals surface area contributed by atoms with Crippen LogP contribution in [0, 0.1) is 0 Å². The first-order valence-corrected chi connectivity index (χ1v) is 7.72. The molecule has 5 nitrogen and oxygen atoms in total. The fourth-order valence-electron chi connectivity index (χ4n) is 2.84. The predicted octanol–water partition coefficient (Wildman–Crippen LogP) is 2.24. The first-order valence-electron chi connectivity index (χ1n) is 7.72. The lowest BCUT2D eigenvalue weighted by Gasteiger charge is -2.23. The number of hydrogen-bond acceptors (Lipinski definition) is 3. The molecule has 0 aromatic heterocycles. The van der Waals surface area contributed by atoms with Crippen molar-refractivity contribution in [3.63, 3.8) is 0 Å². The monoisotopic (exact) mass is 291 g/mol. The number of urea groups is 1. The first kappa shape index (κ1) is 15.6. The summed E-state index contributed by atoms with van der Waals surface area (Å²) in [6.07, 6.45) is 1.84. The maximum Gasteiger partial charge on any atom is 0.317 e. The first-order chi connectivity index (χ1) is 10.2. The molecule has 116 valence electrons. The molecule has 5 heteroatoms. The standard InChI is InChI=1S/C16H25N3O2/c1-3-14(13-7-5-6-8-15(13)20)18-12-9-10-19(11-12)16(21)17-4-2/h5-8,12,14,18,20H,3-4,9-11H2,1-2H3,(H,17,21)/t12-,14+/m0/s1.